The zero-order valence-electron chi connectivity index (χ0n) is 17.7. The molecule has 2 aromatic heterocycles. The van der Waals surface area contributed by atoms with E-state index in [1.165, 1.54) is 0 Å². The van der Waals surface area contributed by atoms with E-state index < -0.39 is 5.97 Å². The molecule has 6 heteroatoms. The van der Waals surface area contributed by atoms with Crippen molar-refractivity contribution in [2.45, 2.75) is 20.0 Å². The molecule has 0 amide bonds. The van der Waals surface area contributed by atoms with E-state index in [1.807, 2.05) is 72.8 Å². The van der Waals surface area contributed by atoms with Crippen LogP contribution in [0.15, 0.2) is 78.9 Å². The highest BCUT2D eigenvalue weighted by molar-refractivity contribution is 6.09. The summed E-state index contributed by atoms with van der Waals surface area (Å²) in [7, 11) is 0. The molecule has 0 atom stereocenters. The minimum absolute atomic E-state index is 0.151. The Labute approximate surface area is 185 Å². The second-order valence-electron chi connectivity index (χ2n) is 7.57. The predicted molar refractivity (Wildman–Crippen MR) is 126 cm³/mol. The van der Waals surface area contributed by atoms with Gasteiger partial charge in [0.05, 0.1) is 11.0 Å². The molecule has 0 aliphatic carbocycles. The molecular weight excluding hydrogens is 400 g/mol. The largest absolute Gasteiger partial charge is 0.457 e. The van der Waals surface area contributed by atoms with Crippen LogP contribution in [0.1, 0.15) is 28.4 Å². The van der Waals surface area contributed by atoms with E-state index in [4.69, 9.17) is 20.4 Å². The molecule has 5 rings (SSSR count). The lowest BCUT2D eigenvalue weighted by Gasteiger charge is -2.09. The average molecular weight is 422 g/mol. The van der Waals surface area contributed by atoms with Gasteiger partial charge in [0, 0.05) is 5.69 Å². The van der Waals surface area contributed by atoms with Gasteiger partial charge in [-0.3, -0.25) is 4.57 Å². The maximum absolute atomic E-state index is 13.2. The lowest BCUT2D eigenvalue weighted by molar-refractivity contribution is 0.0476. The van der Waals surface area contributed by atoms with Crippen LogP contribution < -0.4 is 5.73 Å². The van der Waals surface area contributed by atoms with Crippen molar-refractivity contribution in [1.29, 1.82) is 0 Å². The van der Waals surface area contributed by atoms with Gasteiger partial charge in [0.1, 0.15) is 23.5 Å². The number of nitrogen functional groups attached to an aromatic ring is 1. The van der Waals surface area contributed by atoms with Crippen LogP contribution >= 0.6 is 0 Å². The maximum Gasteiger partial charge on any atom is 0.344 e. The molecule has 2 heterocycles. The van der Waals surface area contributed by atoms with Crippen LogP contribution in [-0.4, -0.2) is 20.5 Å². The van der Waals surface area contributed by atoms with Crippen LogP contribution in [0.3, 0.4) is 0 Å². The number of anilines is 1. The Balaban J connectivity index is 1.68. The number of para-hydroxylation sites is 2. The fraction of sp³-hybridized carbons (Fsp3) is 0.115. The quantitative estimate of drug-likeness (QED) is 0.400. The van der Waals surface area contributed by atoms with Gasteiger partial charge in [-0.1, -0.05) is 61.5 Å². The third-order valence-electron chi connectivity index (χ3n) is 5.49. The highest BCUT2D eigenvalue weighted by Crippen LogP contribution is 2.32. The number of nitrogens with two attached hydrogens (primary N) is 1. The Morgan fingerprint density at radius 1 is 0.906 bits per heavy atom. The summed E-state index contributed by atoms with van der Waals surface area (Å²) >= 11 is 0. The number of rotatable bonds is 5. The SMILES string of the molecule is CCc1cccc(-n2c(N)c(C(=O)OCc3ccccc3)c3nc4ccccc4nc32)c1. The van der Waals surface area contributed by atoms with Crippen molar-refractivity contribution in [2.75, 3.05) is 5.73 Å². The molecule has 0 saturated heterocycles. The zero-order chi connectivity index (χ0) is 22.1. The number of esters is 1. The first-order valence-electron chi connectivity index (χ1n) is 10.5. The maximum atomic E-state index is 13.2. The predicted octanol–water partition coefficient (Wildman–Crippen LogP) is 5.08. The molecule has 0 bridgehead atoms. The highest BCUT2D eigenvalue weighted by Gasteiger charge is 2.26. The molecule has 6 nitrogen and oxygen atoms in total. The van der Waals surface area contributed by atoms with Gasteiger partial charge in [-0.25, -0.2) is 14.8 Å². The van der Waals surface area contributed by atoms with Gasteiger partial charge in [-0.05, 0) is 41.8 Å². The second kappa shape index (κ2) is 8.15. The van der Waals surface area contributed by atoms with Gasteiger partial charge >= 0.3 is 5.97 Å². The Bertz CT molecular complexity index is 1440. The topological polar surface area (TPSA) is 83.0 Å². The Morgan fingerprint density at radius 3 is 2.34 bits per heavy atom. The molecule has 0 spiro atoms. The standard InChI is InChI=1S/C26H22N4O2/c1-2-17-11-8-12-19(15-17)30-24(27)22(26(31)32-16-18-9-4-3-5-10-18)23-25(30)29-21-14-7-6-13-20(21)28-23/h3-15H,2,16,27H2,1H3. The van der Waals surface area contributed by atoms with E-state index in [0.29, 0.717) is 16.7 Å². The molecule has 0 aliphatic heterocycles. The van der Waals surface area contributed by atoms with Gasteiger partial charge in [0.2, 0.25) is 0 Å². The van der Waals surface area contributed by atoms with Crippen LogP contribution in [0.2, 0.25) is 0 Å². The molecule has 158 valence electrons. The normalized spacial score (nSPS) is 11.2. The van der Waals surface area contributed by atoms with Crippen LogP contribution in [0.5, 0.6) is 0 Å². The Hall–Kier alpha value is -4.19. The minimum Gasteiger partial charge on any atom is -0.457 e. The van der Waals surface area contributed by atoms with Gasteiger partial charge in [0.25, 0.3) is 0 Å². The summed E-state index contributed by atoms with van der Waals surface area (Å²) in [5.41, 5.74) is 12.1. The smallest absolute Gasteiger partial charge is 0.344 e. The molecule has 5 aromatic rings. The average Bonchev–Trinajstić information content (AvgIpc) is 3.12. The number of hydrogen-bond donors (Lipinski definition) is 1. The number of fused-ring (bicyclic) bond motifs is 2. The molecule has 0 fully saturated rings. The van der Waals surface area contributed by atoms with E-state index in [0.717, 1.165) is 28.8 Å². The fourth-order valence-electron chi connectivity index (χ4n) is 3.83. The van der Waals surface area contributed by atoms with Gasteiger partial charge < -0.3 is 10.5 Å². The zero-order valence-corrected chi connectivity index (χ0v) is 17.7. The van der Waals surface area contributed by atoms with Crippen molar-refractivity contribution < 1.29 is 9.53 Å². The summed E-state index contributed by atoms with van der Waals surface area (Å²) < 4.78 is 7.39. The van der Waals surface area contributed by atoms with Crippen molar-refractivity contribution in [3.05, 3.63) is 95.6 Å². The fourth-order valence-corrected chi connectivity index (χ4v) is 3.83. The summed E-state index contributed by atoms with van der Waals surface area (Å²) in [5, 5.41) is 0. The molecule has 32 heavy (non-hydrogen) atoms. The summed E-state index contributed by atoms with van der Waals surface area (Å²) in [6.07, 6.45) is 0.882. The molecule has 0 unspecified atom stereocenters. The monoisotopic (exact) mass is 422 g/mol. The van der Waals surface area contributed by atoms with Crippen LogP contribution in [0.25, 0.3) is 27.9 Å². The summed E-state index contributed by atoms with van der Waals surface area (Å²) in [6.45, 7) is 2.24. The molecule has 0 radical (unpaired) electrons. The van der Waals surface area contributed by atoms with Crippen molar-refractivity contribution >= 4 is 34.0 Å². The number of carbonyl (C=O) groups is 1. The number of aromatic nitrogens is 3. The molecule has 0 aliphatic rings. The number of carbonyl (C=O) groups excluding carboxylic acids is 1. The van der Waals surface area contributed by atoms with Crippen molar-refractivity contribution in [3.8, 4) is 5.69 Å². The first-order valence-corrected chi connectivity index (χ1v) is 10.5. The molecule has 3 aromatic carbocycles. The van der Waals surface area contributed by atoms with E-state index in [1.54, 1.807) is 4.57 Å². The van der Waals surface area contributed by atoms with Crippen LogP contribution in [-0.2, 0) is 17.8 Å². The number of benzene rings is 3. The van der Waals surface area contributed by atoms with Gasteiger partial charge in [-0.15, -0.1) is 0 Å². The van der Waals surface area contributed by atoms with Gasteiger partial charge in [-0.2, -0.15) is 0 Å². The number of aryl methyl sites for hydroxylation is 1. The molecule has 0 saturated carbocycles. The second-order valence-corrected chi connectivity index (χ2v) is 7.57. The van der Waals surface area contributed by atoms with E-state index in [2.05, 4.69) is 13.0 Å². The van der Waals surface area contributed by atoms with Crippen molar-refractivity contribution in [3.63, 3.8) is 0 Å². The van der Waals surface area contributed by atoms with E-state index >= 15 is 0 Å². The van der Waals surface area contributed by atoms with E-state index in [-0.39, 0.29) is 18.0 Å². The Morgan fingerprint density at radius 2 is 1.59 bits per heavy atom. The minimum atomic E-state index is -0.522. The first kappa shape index (κ1) is 19.8. The summed E-state index contributed by atoms with van der Waals surface area (Å²) in [5.74, 6) is -0.257. The number of ether oxygens (including phenoxy) is 1. The number of nitrogens with zero attached hydrogens (tertiary/aromatic N) is 3. The molecule has 2 N–H and O–H groups in total. The van der Waals surface area contributed by atoms with E-state index in [9.17, 15) is 4.79 Å². The first-order chi connectivity index (χ1) is 15.7. The van der Waals surface area contributed by atoms with Crippen LogP contribution in [0, 0.1) is 0 Å². The summed E-state index contributed by atoms with van der Waals surface area (Å²) in [6, 6.07) is 25.1. The Kier molecular flexibility index (Phi) is 5.03. The third kappa shape index (κ3) is 3.46. The highest BCUT2D eigenvalue weighted by atomic mass is 16.5. The van der Waals surface area contributed by atoms with Crippen molar-refractivity contribution in [1.82, 2.24) is 14.5 Å². The lowest BCUT2D eigenvalue weighted by Crippen LogP contribution is -2.09. The summed E-state index contributed by atoms with van der Waals surface area (Å²) in [4.78, 5) is 22.7. The lowest BCUT2D eigenvalue weighted by atomic mass is 10.1. The van der Waals surface area contributed by atoms with Crippen molar-refractivity contribution in [2.24, 2.45) is 0 Å². The number of hydrogen-bond acceptors (Lipinski definition) is 5. The third-order valence-corrected chi connectivity index (χ3v) is 5.49. The molecular formula is C26H22N4O2. The van der Waals surface area contributed by atoms with Crippen LogP contribution in [0.4, 0.5) is 5.82 Å². The van der Waals surface area contributed by atoms with Gasteiger partial charge in [0.15, 0.2) is 5.65 Å².